The van der Waals surface area contributed by atoms with E-state index in [4.69, 9.17) is 11.6 Å². The molecule has 0 heterocycles. The Morgan fingerprint density at radius 2 is 2.07 bits per heavy atom. The van der Waals surface area contributed by atoms with Gasteiger partial charge in [0.05, 0.1) is 0 Å². The van der Waals surface area contributed by atoms with Crippen molar-refractivity contribution >= 4 is 11.6 Å². The summed E-state index contributed by atoms with van der Waals surface area (Å²) in [5.74, 6) is 0.774. The van der Waals surface area contributed by atoms with Crippen LogP contribution >= 0.6 is 11.6 Å². The first kappa shape index (κ1) is 10.8. The second-order valence-electron chi connectivity index (χ2n) is 4.99. The van der Waals surface area contributed by atoms with Crippen LogP contribution in [0.25, 0.3) is 0 Å². The van der Waals surface area contributed by atoms with E-state index in [-0.39, 0.29) is 0 Å². The van der Waals surface area contributed by atoms with Gasteiger partial charge in [0.15, 0.2) is 0 Å². The average molecular weight is 221 g/mol. The summed E-state index contributed by atoms with van der Waals surface area (Å²) in [6.45, 7) is 8.44. The van der Waals surface area contributed by atoms with Gasteiger partial charge in [0.25, 0.3) is 0 Å². The topological polar surface area (TPSA) is 0 Å². The van der Waals surface area contributed by atoms with Crippen molar-refractivity contribution in [3.05, 3.63) is 47.0 Å². The van der Waals surface area contributed by atoms with Gasteiger partial charge in [0, 0.05) is 5.02 Å². The summed E-state index contributed by atoms with van der Waals surface area (Å²) in [6, 6.07) is 8.28. The molecule has 0 bridgehead atoms. The summed E-state index contributed by atoms with van der Waals surface area (Å²) in [7, 11) is 0. The molecule has 1 aliphatic carbocycles. The van der Waals surface area contributed by atoms with Crippen LogP contribution in [0.2, 0.25) is 5.02 Å². The van der Waals surface area contributed by atoms with Crippen molar-refractivity contribution < 1.29 is 0 Å². The summed E-state index contributed by atoms with van der Waals surface area (Å²) in [6.07, 6.45) is 2.43. The highest BCUT2D eigenvalue weighted by molar-refractivity contribution is 6.30. The third-order valence-corrected chi connectivity index (χ3v) is 3.76. The fourth-order valence-electron chi connectivity index (χ4n) is 2.36. The third-order valence-electron chi connectivity index (χ3n) is 3.51. The van der Waals surface area contributed by atoms with E-state index < -0.39 is 0 Å². The van der Waals surface area contributed by atoms with Gasteiger partial charge < -0.3 is 0 Å². The smallest absolute Gasteiger partial charge is 0.0406 e. The average Bonchev–Trinajstić information content (AvgIpc) is 2.78. The van der Waals surface area contributed by atoms with Crippen LogP contribution in [0.3, 0.4) is 0 Å². The predicted octanol–water partition coefficient (Wildman–Crippen LogP) is 4.58. The molecule has 1 heteroatoms. The second kappa shape index (κ2) is 3.68. The molecule has 0 saturated heterocycles. The Kier molecular flexibility index (Phi) is 2.64. The number of allylic oxidation sites excluding steroid dienone is 1. The number of rotatable bonds is 3. The molecule has 0 N–H and O–H groups in total. The molecule has 15 heavy (non-hydrogen) atoms. The van der Waals surface area contributed by atoms with E-state index in [1.165, 1.54) is 17.6 Å². The Bertz CT molecular complexity index is 377. The number of halogens is 1. The minimum absolute atomic E-state index is 0.365. The first-order valence-electron chi connectivity index (χ1n) is 5.43. The molecule has 2 atom stereocenters. The Hall–Kier alpha value is -0.750. The van der Waals surface area contributed by atoms with E-state index in [0.717, 1.165) is 17.4 Å². The SMILES string of the molecule is C=C(C)C[C@@H]1C[C@@]1(C)c1ccc(Cl)cc1. The molecule has 2 rings (SSSR count). The van der Waals surface area contributed by atoms with Gasteiger partial charge in [-0.05, 0) is 48.8 Å². The van der Waals surface area contributed by atoms with Gasteiger partial charge in [0.1, 0.15) is 0 Å². The summed E-state index contributed by atoms with van der Waals surface area (Å²) < 4.78 is 0. The van der Waals surface area contributed by atoms with Crippen molar-refractivity contribution in [1.82, 2.24) is 0 Å². The Morgan fingerprint density at radius 1 is 1.47 bits per heavy atom. The van der Waals surface area contributed by atoms with Crippen molar-refractivity contribution in [2.45, 2.75) is 32.1 Å². The first-order chi connectivity index (χ1) is 7.02. The molecular weight excluding hydrogens is 204 g/mol. The van der Waals surface area contributed by atoms with Crippen LogP contribution in [0, 0.1) is 5.92 Å². The number of benzene rings is 1. The van der Waals surface area contributed by atoms with E-state index in [0.29, 0.717) is 5.41 Å². The molecule has 0 amide bonds. The van der Waals surface area contributed by atoms with Crippen molar-refractivity contribution in [3.63, 3.8) is 0 Å². The third kappa shape index (κ3) is 2.10. The van der Waals surface area contributed by atoms with Crippen LogP contribution in [-0.4, -0.2) is 0 Å². The molecule has 0 radical (unpaired) electrons. The van der Waals surface area contributed by atoms with Gasteiger partial charge in [-0.3, -0.25) is 0 Å². The monoisotopic (exact) mass is 220 g/mol. The summed E-state index contributed by atoms with van der Waals surface area (Å²) in [5.41, 5.74) is 3.07. The lowest BCUT2D eigenvalue weighted by Gasteiger charge is -2.11. The maximum absolute atomic E-state index is 5.89. The van der Waals surface area contributed by atoms with Crippen molar-refractivity contribution in [1.29, 1.82) is 0 Å². The predicted molar refractivity (Wildman–Crippen MR) is 66.3 cm³/mol. The Balaban J connectivity index is 2.12. The Morgan fingerprint density at radius 3 is 2.60 bits per heavy atom. The minimum Gasteiger partial charge on any atom is -0.100 e. The molecule has 0 unspecified atom stereocenters. The molecule has 80 valence electrons. The molecule has 1 saturated carbocycles. The fourth-order valence-corrected chi connectivity index (χ4v) is 2.48. The lowest BCUT2D eigenvalue weighted by molar-refractivity contribution is 0.653. The van der Waals surface area contributed by atoms with E-state index >= 15 is 0 Å². The van der Waals surface area contributed by atoms with E-state index in [1.807, 2.05) is 12.1 Å². The van der Waals surface area contributed by atoms with Crippen molar-refractivity contribution in [3.8, 4) is 0 Å². The lowest BCUT2D eigenvalue weighted by Crippen LogP contribution is -2.04. The summed E-state index contributed by atoms with van der Waals surface area (Å²) in [4.78, 5) is 0. The molecule has 1 fully saturated rings. The standard InChI is InChI=1S/C14H17Cl/c1-10(2)8-12-9-14(12,3)11-4-6-13(15)7-5-11/h4-7,12H,1,8-9H2,2-3H3/t12-,14+/m1/s1. The Labute approximate surface area is 97.0 Å². The zero-order valence-corrected chi connectivity index (χ0v) is 10.1. The summed E-state index contributed by atoms with van der Waals surface area (Å²) >= 11 is 5.89. The fraction of sp³-hybridized carbons (Fsp3) is 0.429. The molecule has 0 aromatic heterocycles. The quantitative estimate of drug-likeness (QED) is 0.654. The second-order valence-corrected chi connectivity index (χ2v) is 5.42. The largest absolute Gasteiger partial charge is 0.100 e. The zero-order valence-electron chi connectivity index (χ0n) is 9.39. The normalized spacial score (nSPS) is 28.9. The highest BCUT2D eigenvalue weighted by Crippen LogP contribution is 2.56. The van der Waals surface area contributed by atoms with E-state index in [2.05, 4.69) is 32.6 Å². The van der Waals surface area contributed by atoms with Gasteiger partial charge in [-0.2, -0.15) is 0 Å². The lowest BCUT2D eigenvalue weighted by atomic mass is 9.93. The summed E-state index contributed by atoms with van der Waals surface area (Å²) in [5, 5.41) is 0.819. The molecular formula is C14H17Cl. The van der Waals surface area contributed by atoms with Gasteiger partial charge in [-0.15, -0.1) is 6.58 Å². The maximum Gasteiger partial charge on any atom is 0.0406 e. The van der Waals surface area contributed by atoms with Crippen molar-refractivity contribution in [2.75, 3.05) is 0 Å². The van der Waals surface area contributed by atoms with Crippen LogP contribution in [0.4, 0.5) is 0 Å². The first-order valence-corrected chi connectivity index (χ1v) is 5.80. The van der Waals surface area contributed by atoms with E-state index in [1.54, 1.807) is 0 Å². The number of hydrogen-bond donors (Lipinski definition) is 0. The van der Waals surface area contributed by atoms with Crippen molar-refractivity contribution in [2.24, 2.45) is 5.92 Å². The van der Waals surface area contributed by atoms with Gasteiger partial charge in [-0.25, -0.2) is 0 Å². The molecule has 1 aliphatic rings. The molecule has 1 aromatic rings. The van der Waals surface area contributed by atoms with Crippen LogP contribution in [0.5, 0.6) is 0 Å². The molecule has 0 nitrogen and oxygen atoms in total. The maximum atomic E-state index is 5.89. The van der Waals surface area contributed by atoms with E-state index in [9.17, 15) is 0 Å². The van der Waals surface area contributed by atoms with Crippen LogP contribution < -0.4 is 0 Å². The number of hydrogen-bond acceptors (Lipinski definition) is 0. The van der Waals surface area contributed by atoms with Crippen LogP contribution in [0.15, 0.2) is 36.4 Å². The molecule has 0 spiro atoms. The van der Waals surface area contributed by atoms with Gasteiger partial charge in [-0.1, -0.05) is 36.2 Å². The highest BCUT2D eigenvalue weighted by atomic mass is 35.5. The van der Waals surface area contributed by atoms with Crippen LogP contribution in [0.1, 0.15) is 32.3 Å². The van der Waals surface area contributed by atoms with Crippen LogP contribution in [-0.2, 0) is 5.41 Å². The molecule has 0 aliphatic heterocycles. The zero-order chi connectivity index (χ0) is 11.1. The molecule has 1 aromatic carbocycles. The minimum atomic E-state index is 0.365. The highest BCUT2D eigenvalue weighted by Gasteiger charge is 2.50. The van der Waals surface area contributed by atoms with Gasteiger partial charge in [0.2, 0.25) is 0 Å². The van der Waals surface area contributed by atoms with Gasteiger partial charge >= 0.3 is 0 Å².